The third kappa shape index (κ3) is 3.39. The summed E-state index contributed by atoms with van der Waals surface area (Å²) in [6.45, 7) is 2.03. The van der Waals surface area contributed by atoms with Crippen LogP contribution in [0.2, 0.25) is 0 Å². The molecule has 20 heavy (non-hydrogen) atoms. The summed E-state index contributed by atoms with van der Waals surface area (Å²) in [7, 11) is -1.13. The summed E-state index contributed by atoms with van der Waals surface area (Å²) < 4.78 is 26.3. The Morgan fingerprint density at radius 2 is 2.30 bits per heavy atom. The standard InChI is InChI=1S/C12H15BO6S/c1-3-17-12(14)7-11-9-5-4-8(19-20(2)16)6-10(9)13(15)18-11/h4-6,11,15H,3,7H2,1-2H3. The van der Waals surface area contributed by atoms with E-state index in [2.05, 4.69) is 0 Å². The Hall–Kier alpha value is -1.38. The number of carbonyl (C=O) groups excluding carboxylic acids is 1. The molecule has 0 aliphatic carbocycles. The quantitative estimate of drug-likeness (QED) is 0.612. The molecule has 2 rings (SSSR count). The topological polar surface area (TPSA) is 82.1 Å². The number of hydrogen-bond donors (Lipinski definition) is 1. The molecule has 8 heteroatoms. The van der Waals surface area contributed by atoms with Gasteiger partial charge in [-0.2, -0.15) is 0 Å². The number of hydrogen-bond acceptors (Lipinski definition) is 6. The van der Waals surface area contributed by atoms with Crippen LogP contribution >= 0.6 is 0 Å². The van der Waals surface area contributed by atoms with Crippen LogP contribution in [0.3, 0.4) is 0 Å². The van der Waals surface area contributed by atoms with Crippen molar-refractivity contribution in [3.63, 3.8) is 0 Å². The van der Waals surface area contributed by atoms with E-state index >= 15 is 0 Å². The highest BCUT2D eigenvalue weighted by molar-refractivity contribution is 7.79. The molecule has 0 amide bonds. The van der Waals surface area contributed by atoms with Crippen molar-refractivity contribution in [2.75, 3.05) is 12.9 Å². The maximum absolute atomic E-state index is 11.5. The molecule has 0 saturated carbocycles. The highest BCUT2D eigenvalue weighted by Crippen LogP contribution is 2.29. The second kappa shape index (κ2) is 6.38. The summed E-state index contributed by atoms with van der Waals surface area (Å²) in [6, 6.07) is 4.88. The number of benzene rings is 1. The lowest BCUT2D eigenvalue weighted by Crippen LogP contribution is -2.28. The monoisotopic (exact) mass is 298 g/mol. The molecule has 6 nitrogen and oxygen atoms in total. The molecule has 0 spiro atoms. The van der Waals surface area contributed by atoms with Crippen LogP contribution in [0.5, 0.6) is 5.75 Å². The fourth-order valence-electron chi connectivity index (χ4n) is 2.08. The Kier molecular flexibility index (Phi) is 4.79. The minimum atomic E-state index is -1.44. The lowest BCUT2D eigenvalue weighted by molar-refractivity contribution is -0.145. The Morgan fingerprint density at radius 1 is 1.55 bits per heavy atom. The van der Waals surface area contributed by atoms with Crippen LogP contribution in [-0.2, 0) is 25.3 Å². The van der Waals surface area contributed by atoms with E-state index in [1.807, 2.05) is 0 Å². The zero-order valence-corrected chi connectivity index (χ0v) is 12.0. The lowest BCUT2D eigenvalue weighted by atomic mass is 9.79. The summed E-state index contributed by atoms with van der Waals surface area (Å²) in [6.07, 6.45) is 0.904. The van der Waals surface area contributed by atoms with Crippen LogP contribution in [0.15, 0.2) is 18.2 Å². The van der Waals surface area contributed by atoms with Gasteiger partial charge in [-0.3, -0.25) is 4.79 Å². The molecule has 2 unspecified atom stereocenters. The third-order valence-corrected chi connectivity index (χ3v) is 3.26. The molecule has 1 aromatic rings. The van der Waals surface area contributed by atoms with Gasteiger partial charge in [-0.15, -0.1) is 0 Å². The van der Waals surface area contributed by atoms with Crippen molar-refractivity contribution < 1.29 is 27.6 Å². The molecule has 0 fully saturated rings. The minimum Gasteiger partial charge on any atom is -0.466 e. The van der Waals surface area contributed by atoms with Crippen molar-refractivity contribution in [1.29, 1.82) is 0 Å². The van der Waals surface area contributed by atoms with Gasteiger partial charge in [-0.25, -0.2) is 4.21 Å². The molecular weight excluding hydrogens is 283 g/mol. The predicted octanol–water partition coefficient (Wildman–Crippen LogP) is 0.0709. The molecule has 1 aromatic carbocycles. The molecular formula is C12H15BO6S. The van der Waals surface area contributed by atoms with Crippen LogP contribution in [0.4, 0.5) is 0 Å². The molecule has 2 atom stereocenters. The fourth-order valence-corrected chi connectivity index (χ4v) is 2.45. The van der Waals surface area contributed by atoms with Gasteiger partial charge >= 0.3 is 13.1 Å². The highest BCUT2D eigenvalue weighted by atomic mass is 32.2. The zero-order chi connectivity index (χ0) is 14.7. The zero-order valence-electron chi connectivity index (χ0n) is 11.2. The van der Waals surface area contributed by atoms with Crippen molar-refractivity contribution in [3.8, 4) is 5.75 Å². The van der Waals surface area contributed by atoms with Gasteiger partial charge in [-0.1, -0.05) is 6.07 Å². The molecule has 1 aliphatic rings. The number of fused-ring (bicyclic) bond motifs is 1. The first-order valence-electron chi connectivity index (χ1n) is 6.16. The van der Waals surface area contributed by atoms with Crippen molar-refractivity contribution in [2.45, 2.75) is 19.4 Å². The van der Waals surface area contributed by atoms with Gasteiger partial charge in [0.2, 0.25) is 11.1 Å². The van der Waals surface area contributed by atoms with Crippen LogP contribution < -0.4 is 9.65 Å². The van der Waals surface area contributed by atoms with Gasteiger partial charge < -0.3 is 18.6 Å². The Labute approximate surface area is 119 Å². The lowest BCUT2D eigenvalue weighted by Gasteiger charge is -2.11. The molecule has 1 heterocycles. The van der Waals surface area contributed by atoms with Gasteiger partial charge in [0, 0.05) is 6.26 Å². The van der Waals surface area contributed by atoms with Crippen molar-refractivity contribution in [1.82, 2.24) is 0 Å². The minimum absolute atomic E-state index is 0.0395. The average Bonchev–Trinajstić information content (AvgIpc) is 2.65. The number of carbonyl (C=O) groups is 1. The molecule has 0 aromatic heterocycles. The van der Waals surface area contributed by atoms with E-state index in [0.717, 1.165) is 0 Å². The number of ether oxygens (including phenoxy) is 1. The number of rotatable bonds is 5. The summed E-state index contributed by atoms with van der Waals surface area (Å²) in [5, 5.41) is 9.85. The van der Waals surface area contributed by atoms with E-state index < -0.39 is 24.3 Å². The molecule has 1 N–H and O–H groups in total. The Bertz CT molecular complexity index is 535. The van der Waals surface area contributed by atoms with Crippen LogP contribution in [0.1, 0.15) is 25.0 Å². The van der Waals surface area contributed by atoms with E-state index in [4.69, 9.17) is 13.6 Å². The van der Waals surface area contributed by atoms with E-state index in [0.29, 0.717) is 23.4 Å². The van der Waals surface area contributed by atoms with E-state index in [1.165, 1.54) is 6.26 Å². The van der Waals surface area contributed by atoms with Gasteiger partial charge in [-0.05, 0) is 30.1 Å². The van der Waals surface area contributed by atoms with Gasteiger partial charge in [0.1, 0.15) is 5.75 Å². The van der Waals surface area contributed by atoms with Crippen LogP contribution in [0.25, 0.3) is 0 Å². The molecule has 0 bridgehead atoms. The predicted molar refractivity (Wildman–Crippen MR) is 73.8 cm³/mol. The largest absolute Gasteiger partial charge is 0.492 e. The first kappa shape index (κ1) is 15.0. The van der Waals surface area contributed by atoms with Crippen molar-refractivity contribution in [3.05, 3.63) is 23.8 Å². The first-order chi connectivity index (χ1) is 9.51. The van der Waals surface area contributed by atoms with E-state index in [1.54, 1.807) is 25.1 Å². The normalized spacial score (nSPS) is 18.6. The van der Waals surface area contributed by atoms with Crippen LogP contribution in [-0.4, -0.2) is 35.2 Å². The first-order valence-corrected chi connectivity index (χ1v) is 7.64. The highest BCUT2D eigenvalue weighted by Gasteiger charge is 2.36. The van der Waals surface area contributed by atoms with E-state index in [-0.39, 0.29) is 12.4 Å². The van der Waals surface area contributed by atoms with Gasteiger partial charge in [0.15, 0.2) is 0 Å². The second-order valence-electron chi connectivity index (χ2n) is 4.26. The smallest absolute Gasteiger partial charge is 0.466 e. The molecule has 0 radical (unpaired) electrons. The summed E-state index contributed by atoms with van der Waals surface area (Å²) in [5.41, 5.74) is 1.22. The van der Waals surface area contributed by atoms with Gasteiger partial charge in [0.25, 0.3) is 0 Å². The van der Waals surface area contributed by atoms with Crippen molar-refractivity contribution >= 4 is 29.6 Å². The van der Waals surface area contributed by atoms with Gasteiger partial charge in [0.05, 0.1) is 19.1 Å². The van der Waals surface area contributed by atoms with Crippen LogP contribution in [0, 0.1) is 0 Å². The Balaban J connectivity index is 2.17. The van der Waals surface area contributed by atoms with E-state index in [9.17, 15) is 14.0 Å². The summed E-state index contributed by atoms with van der Waals surface area (Å²) in [5.74, 6) is -0.00319. The number of esters is 1. The van der Waals surface area contributed by atoms with Crippen molar-refractivity contribution in [2.24, 2.45) is 0 Å². The summed E-state index contributed by atoms with van der Waals surface area (Å²) >= 11 is -1.44. The summed E-state index contributed by atoms with van der Waals surface area (Å²) in [4.78, 5) is 11.5. The third-order valence-electron chi connectivity index (χ3n) is 2.84. The molecule has 108 valence electrons. The second-order valence-corrected chi connectivity index (χ2v) is 5.23. The maximum Gasteiger partial charge on any atom is 0.492 e. The Morgan fingerprint density at radius 3 is 2.95 bits per heavy atom. The SMILES string of the molecule is CCOC(=O)CC1OB(O)c2cc(OS(C)=O)ccc21. The maximum atomic E-state index is 11.5. The molecule has 1 aliphatic heterocycles. The fraction of sp³-hybridized carbons (Fsp3) is 0.417. The molecule has 0 saturated heterocycles. The average molecular weight is 298 g/mol.